The molecule has 0 saturated heterocycles. The zero-order chi connectivity index (χ0) is 21.9. The maximum Gasteiger partial charge on any atom is 0.0661 e. The fraction of sp³-hybridized carbons (Fsp3) is 0.852. The fourth-order valence-corrected chi connectivity index (χ4v) is 8.08. The molecule has 30 heavy (non-hydrogen) atoms. The first-order valence-electron chi connectivity index (χ1n) is 12.5. The number of rotatable bonds is 5. The van der Waals surface area contributed by atoms with Crippen molar-refractivity contribution in [1.82, 2.24) is 0 Å². The summed E-state index contributed by atoms with van der Waals surface area (Å²) in [5.74, 6) is 2.51. The number of fused-ring (bicyclic) bond motifs is 5. The van der Waals surface area contributed by atoms with E-state index in [4.69, 9.17) is 0 Å². The second kappa shape index (κ2) is 7.74. The van der Waals surface area contributed by atoms with Gasteiger partial charge in [0.2, 0.25) is 0 Å². The van der Waals surface area contributed by atoms with E-state index in [0.29, 0.717) is 29.6 Å². The Morgan fingerprint density at radius 3 is 2.53 bits per heavy atom. The van der Waals surface area contributed by atoms with E-state index in [1.807, 2.05) is 13.8 Å². The molecule has 3 heteroatoms. The van der Waals surface area contributed by atoms with Gasteiger partial charge >= 0.3 is 0 Å². The summed E-state index contributed by atoms with van der Waals surface area (Å²) in [6.07, 6.45) is 13.2. The normalized spacial score (nSPS) is 44.5. The Kier molecular flexibility index (Phi) is 5.82. The molecule has 0 aliphatic heterocycles. The summed E-state index contributed by atoms with van der Waals surface area (Å²) in [5.41, 5.74) is 2.47. The van der Waals surface area contributed by atoms with Gasteiger partial charge < -0.3 is 15.3 Å². The molecule has 4 rings (SSSR count). The number of hydrogen-bond acceptors (Lipinski definition) is 3. The van der Waals surface area contributed by atoms with E-state index >= 15 is 0 Å². The summed E-state index contributed by atoms with van der Waals surface area (Å²) in [4.78, 5) is 0. The minimum atomic E-state index is -0.555. The summed E-state index contributed by atoms with van der Waals surface area (Å²) in [7, 11) is 0. The molecule has 0 aromatic carbocycles. The lowest BCUT2D eigenvalue weighted by atomic mass is 9.49. The maximum atomic E-state index is 11.0. The van der Waals surface area contributed by atoms with Crippen LogP contribution in [0.3, 0.4) is 0 Å². The molecule has 3 saturated carbocycles. The van der Waals surface area contributed by atoms with Crippen molar-refractivity contribution in [2.24, 2.45) is 34.5 Å². The third-order valence-electron chi connectivity index (χ3n) is 9.86. The molecular weight excluding hydrogens is 372 g/mol. The van der Waals surface area contributed by atoms with Crippen LogP contribution in [0.4, 0.5) is 0 Å². The second-order valence-electron chi connectivity index (χ2n) is 12.3. The molecule has 4 aliphatic carbocycles. The summed E-state index contributed by atoms with van der Waals surface area (Å²) in [5, 5.41) is 31.3. The van der Waals surface area contributed by atoms with Crippen molar-refractivity contribution in [2.75, 3.05) is 0 Å². The Bertz CT molecular complexity index is 716. The van der Waals surface area contributed by atoms with Crippen molar-refractivity contribution in [3.05, 3.63) is 23.3 Å². The Balaban J connectivity index is 1.53. The van der Waals surface area contributed by atoms with Gasteiger partial charge in [-0.1, -0.05) is 56.9 Å². The van der Waals surface area contributed by atoms with E-state index < -0.39 is 17.8 Å². The van der Waals surface area contributed by atoms with Crippen LogP contribution in [0.25, 0.3) is 0 Å². The largest absolute Gasteiger partial charge is 0.393 e. The average molecular weight is 417 g/mol. The van der Waals surface area contributed by atoms with E-state index in [-0.39, 0.29) is 5.41 Å². The molecular formula is C27H44O3. The predicted molar refractivity (Wildman–Crippen MR) is 122 cm³/mol. The lowest BCUT2D eigenvalue weighted by molar-refractivity contribution is -0.0545. The standard InChI is InChI=1S/C27H44O3/c1-17(7-6-13-25(2,3)30)21-10-11-22-20-9-8-18-15-19(28)16-24(29)27(18,5)23(20)12-14-26(21,22)4/h8-9,17,19,21-24,28-30H,6-7,10-16H2,1-5H3/t17-,19?,21-,22+,23+,24?,26-,27+/m1/s1. The van der Waals surface area contributed by atoms with Crippen LogP contribution in [0.15, 0.2) is 23.3 Å². The highest BCUT2D eigenvalue weighted by molar-refractivity contribution is 5.40. The molecule has 0 amide bonds. The zero-order valence-electron chi connectivity index (χ0n) is 19.8. The summed E-state index contributed by atoms with van der Waals surface area (Å²) in [6, 6.07) is 0. The lowest BCUT2D eigenvalue weighted by Crippen LogP contribution is -2.52. The van der Waals surface area contributed by atoms with Crippen LogP contribution in [-0.4, -0.2) is 33.1 Å². The van der Waals surface area contributed by atoms with Crippen molar-refractivity contribution in [2.45, 2.75) is 110 Å². The summed E-state index contributed by atoms with van der Waals surface area (Å²) in [6.45, 7) is 11.1. The van der Waals surface area contributed by atoms with Crippen LogP contribution in [0, 0.1) is 34.5 Å². The Morgan fingerprint density at radius 2 is 1.83 bits per heavy atom. The third kappa shape index (κ3) is 3.63. The van der Waals surface area contributed by atoms with E-state index in [9.17, 15) is 15.3 Å². The topological polar surface area (TPSA) is 60.7 Å². The van der Waals surface area contributed by atoms with Gasteiger partial charge in [-0.05, 0) is 81.5 Å². The molecule has 4 aliphatic rings. The van der Waals surface area contributed by atoms with E-state index in [0.717, 1.165) is 31.6 Å². The van der Waals surface area contributed by atoms with Gasteiger partial charge in [-0.3, -0.25) is 0 Å². The smallest absolute Gasteiger partial charge is 0.0661 e. The average Bonchev–Trinajstić information content (AvgIpc) is 2.99. The number of aliphatic hydroxyl groups excluding tert-OH is 2. The molecule has 0 heterocycles. The highest BCUT2D eigenvalue weighted by Crippen LogP contribution is 2.66. The maximum absolute atomic E-state index is 11.0. The molecule has 0 bridgehead atoms. The van der Waals surface area contributed by atoms with Crippen molar-refractivity contribution in [3.63, 3.8) is 0 Å². The van der Waals surface area contributed by atoms with Crippen molar-refractivity contribution in [1.29, 1.82) is 0 Å². The molecule has 170 valence electrons. The van der Waals surface area contributed by atoms with Gasteiger partial charge in [-0.2, -0.15) is 0 Å². The SMILES string of the molecule is C[C@H](CCCC(C)(C)O)[C@H]1CC[C@H]2C3=CC=C4CC(O)CC(O)[C@]4(C)[C@H]3CC[C@]12C. The Hall–Kier alpha value is -0.640. The van der Waals surface area contributed by atoms with Crippen LogP contribution >= 0.6 is 0 Å². The highest BCUT2D eigenvalue weighted by Gasteiger charge is 2.58. The van der Waals surface area contributed by atoms with Crippen LogP contribution in [0.1, 0.15) is 92.4 Å². The van der Waals surface area contributed by atoms with Gasteiger partial charge in [0.1, 0.15) is 0 Å². The predicted octanol–water partition coefficient (Wildman–Crippen LogP) is 5.39. The highest BCUT2D eigenvalue weighted by atomic mass is 16.3. The minimum Gasteiger partial charge on any atom is -0.393 e. The number of aliphatic hydroxyl groups is 3. The number of allylic oxidation sites excluding steroid dienone is 3. The Labute approximate surface area is 183 Å². The van der Waals surface area contributed by atoms with E-state index in [1.165, 1.54) is 31.3 Å². The monoisotopic (exact) mass is 416 g/mol. The molecule has 0 aromatic heterocycles. The molecule has 3 N–H and O–H groups in total. The van der Waals surface area contributed by atoms with Crippen molar-refractivity contribution in [3.8, 4) is 0 Å². The van der Waals surface area contributed by atoms with Crippen molar-refractivity contribution >= 4 is 0 Å². The molecule has 8 atom stereocenters. The van der Waals surface area contributed by atoms with Gasteiger partial charge in [0, 0.05) is 11.8 Å². The first kappa shape index (κ1) is 22.6. The van der Waals surface area contributed by atoms with E-state index in [2.05, 4.69) is 32.9 Å². The molecule has 0 spiro atoms. The van der Waals surface area contributed by atoms with Gasteiger partial charge in [-0.25, -0.2) is 0 Å². The molecule has 3 fully saturated rings. The van der Waals surface area contributed by atoms with Crippen LogP contribution in [0.2, 0.25) is 0 Å². The molecule has 2 unspecified atom stereocenters. The van der Waals surface area contributed by atoms with Gasteiger partial charge in [-0.15, -0.1) is 0 Å². The first-order valence-corrected chi connectivity index (χ1v) is 12.5. The van der Waals surface area contributed by atoms with Crippen LogP contribution < -0.4 is 0 Å². The zero-order valence-corrected chi connectivity index (χ0v) is 19.8. The summed E-state index contributed by atoms with van der Waals surface area (Å²) >= 11 is 0. The second-order valence-corrected chi connectivity index (χ2v) is 12.3. The number of hydrogen-bond donors (Lipinski definition) is 3. The lowest BCUT2D eigenvalue weighted by Gasteiger charge is -2.56. The van der Waals surface area contributed by atoms with Gasteiger partial charge in [0.25, 0.3) is 0 Å². The van der Waals surface area contributed by atoms with Crippen molar-refractivity contribution < 1.29 is 15.3 Å². The molecule has 3 nitrogen and oxygen atoms in total. The molecule has 0 aromatic rings. The summed E-state index contributed by atoms with van der Waals surface area (Å²) < 4.78 is 0. The van der Waals surface area contributed by atoms with Crippen LogP contribution in [-0.2, 0) is 0 Å². The minimum absolute atomic E-state index is 0.193. The van der Waals surface area contributed by atoms with Gasteiger partial charge in [0.15, 0.2) is 0 Å². The molecule has 0 radical (unpaired) electrons. The fourth-order valence-electron chi connectivity index (χ4n) is 8.08. The van der Waals surface area contributed by atoms with E-state index in [1.54, 1.807) is 5.57 Å². The third-order valence-corrected chi connectivity index (χ3v) is 9.86. The first-order chi connectivity index (χ1) is 14.0. The van der Waals surface area contributed by atoms with Gasteiger partial charge in [0.05, 0.1) is 17.8 Å². The quantitative estimate of drug-likeness (QED) is 0.563. The Morgan fingerprint density at radius 1 is 1.10 bits per heavy atom. The van der Waals surface area contributed by atoms with Crippen LogP contribution in [0.5, 0.6) is 0 Å².